The van der Waals surface area contributed by atoms with Crippen molar-refractivity contribution in [2.45, 2.75) is 0 Å². The summed E-state index contributed by atoms with van der Waals surface area (Å²) in [7, 11) is 0. The smallest absolute Gasteiger partial charge is 0.164 e. The third-order valence-corrected chi connectivity index (χ3v) is 9.75. The molecule has 0 radical (unpaired) electrons. The standard InChI is InChI=1S/C47H29N3O/c1-4-13-30(14-5-1)34-26-28-43-44-38(34)21-12-22-39(44)41-29-33(23-27-42(41)51-43)35-24-25-40(37-20-11-10-19-36(35)37)47-49-45(31-15-6-2-7-16-31)48-46(50-47)32-17-8-3-9-18-32/h1-29H. The molecule has 4 nitrogen and oxygen atoms in total. The van der Waals surface area contributed by atoms with Crippen LogP contribution < -0.4 is 4.74 Å². The highest BCUT2D eigenvalue weighted by molar-refractivity contribution is 6.11. The molecule has 0 fully saturated rings. The predicted octanol–water partition coefficient (Wildman–Crippen LogP) is 12.3. The quantitative estimate of drug-likeness (QED) is 0.186. The fraction of sp³-hybridized carbons (Fsp3) is 0. The summed E-state index contributed by atoms with van der Waals surface area (Å²) >= 11 is 0. The van der Waals surface area contributed by atoms with E-state index in [4.69, 9.17) is 19.7 Å². The van der Waals surface area contributed by atoms with Gasteiger partial charge in [0.15, 0.2) is 17.5 Å². The van der Waals surface area contributed by atoms with E-state index in [1.165, 1.54) is 22.1 Å². The van der Waals surface area contributed by atoms with Gasteiger partial charge in [-0.2, -0.15) is 0 Å². The van der Waals surface area contributed by atoms with Crippen LogP contribution in [0.25, 0.3) is 89.1 Å². The zero-order valence-corrected chi connectivity index (χ0v) is 27.5. The highest BCUT2D eigenvalue weighted by Crippen LogP contribution is 2.50. The van der Waals surface area contributed by atoms with Crippen LogP contribution in [-0.2, 0) is 0 Å². The first-order valence-electron chi connectivity index (χ1n) is 17.1. The first-order chi connectivity index (χ1) is 25.3. The molecule has 1 aliphatic heterocycles. The number of aromatic nitrogens is 3. The molecule has 0 aliphatic carbocycles. The lowest BCUT2D eigenvalue weighted by Gasteiger charge is -2.23. The zero-order chi connectivity index (χ0) is 33.7. The predicted molar refractivity (Wildman–Crippen MR) is 208 cm³/mol. The summed E-state index contributed by atoms with van der Waals surface area (Å²) in [6, 6.07) is 61.0. The van der Waals surface area contributed by atoms with E-state index >= 15 is 0 Å². The van der Waals surface area contributed by atoms with Gasteiger partial charge in [0.2, 0.25) is 0 Å². The van der Waals surface area contributed by atoms with Crippen LogP contribution in [0.15, 0.2) is 176 Å². The Morgan fingerprint density at radius 1 is 0.294 bits per heavy atom. The monoisotopic (exact) mass is 651 g/mol. The summed E-state index contributed by atoms with van der Waals surface area (Å²) in [5.41, 5.74) is 9.75. The van der Waals surface area contributed by atoms with E-state index in [1.54, 1.807) is 0 Å². The van der Waals surface area contributed by atoms with Crippen molar-refractivity contribution in [3.05, 3.63) is 176 Å². The summed E-state index contributed by atoms with van der Waals surface area (Å²) < 4.78 is 6.57. The Hall–Kier alpha value is -6.91. The molecule has 1 aliphatic rings. The molecule has 238 valence electrons. The number of ether oxygens (including phenoxy) is 1. The molecular formula is C47H29N3O. The highest BCUT2D eigenvalue weighted by atomic mass is 16.5. The van der Waals surface area contributed by atoms with E-state index in [1.807, 2.05) is 60.7 Å². The summed E-state index contributed by atoms with van der Waals surface area (Å²) in [5, 5.41) is 4.53. The van der Waals surface area contributed by atoms with Gasteiger partial charge < -0.3 is 4.74 Å². The van der Waals surface area contributed by atoms with Gasteiger partial charge in [-0.3, -0.25) is 0 Å². The normalized spacial score (nSPS) is 11.7. The van der Waals surface area contributed by atoms with Gasteiger partial charge in [0.05, 0.1) is 0 Å². The first-order valence-corrected chi connectivity index (χ1v) is 17.1. The Morgan fingerprint density at radius 2 is 0.804 bits per heavy atom. The van der Waals surface area contributed by atoms with Gasteiger partial charge >= 0.3 is 0 Å². The first kappa shape index (κ1) is 29.0. The average Bonchev–Trinajstić information content (AvgIpc) is 3.21. The maximum absolute atomic E-state index is 6.57. The Labute approximate surface area is 295 Å². The molecule has 4 heteroatoms. The van der Waals surface area contributed by atoms with Gasteiger partial charge in [0.1, 0.15) is 11.5 Å². The molecule has 2 heterocycles. The molecule has 0 atom stereocenters. The number of hydrogen-bond acceptors (Lipinski definition) is 4. The van der Waals surface area contributed by atoms with Gasteiger partial charge in [-0.25, -0.2) is 15.0 Å². The van der Waals surface area contributed by atoms with E-state index in [2.05, 4.69) is 115 Å². The van der Waals surface area contributed by atoms with Crippen molar-refractivity contribution in [3.8, 4) is 79.0 Å². The molecule has 0 amide bonds. The highest BCUT2D eigenvalue weighted by Gasteiger charge is 2.23. The SMILES string of the molecule is c1ccc(-c2nc(-c3ccccc3)nc(-c3ccc(-c4ccc5c(c4)-c4cccc6c(-c7ccccc7)ccc(c46)O5)c4ccccc34)n2)cc1. The molecule has 0 N–H and O–H groups in total. The molecule has 51 heavy (non-hydrogen) atoms. The van der Waals surface area contributed by atoms with E-state index in [-0.39, 0.29) is 0 Å². The number of rotatable bonds is 5. The van der Waals surface area contributed by atoms with Crippen LogP contribution in [-0.4, -0.2) is 15.0 Å². The van der Waals surface area contributed by atoms with E-state index < -0.39 is 0 Å². The lowest BCUT2D eigenvalue weighted by Crippen LogP contribution is -2.01. The third-order valence-electron chi connectivity index (χ3n) is 9.75. The van der Waals surface area contributed by atoms with Crippen LogP contribution in [0.4, 0.5) is 0 Å². The number of fused-ring (bicyclic) bond motifs is 3. The second-order valence-electron chi connectivity index (χ2n) is 12.8. The molecule has 0 saturated heterocycles. The summed E-state index contributed by atoms with van der Waals surface area (Å²) in [6.07, 6.45) is 0. The largest absolute Gasteiger partial charge is 0.456 e. The van der Waals surface area contributed by atoms with Crippen LogP contribution in [0.3, 0.4) is 0 Å². The summed E-state index contributed by atoms with van der Waals surface area (Å²) in [6.45, 7) is 0. The van der Waals surface area contributed by atoms with Crippen molar-refractivity contribution in [2.24, 2.45) is 0 Å². The van der Waals surface area contributed by atoms with Crippen LogP contribution >= 0.6 is 0 Å². The Balaban J connectivity index is 1.12. The van der Waals surface area contributed by atoms with Crippen molar-refractivity contribution in [3.63, 3.8) is 0 Å². The van der Waals surface area contributed by atoms with Gasteiger partial charge in [-0.15, -0.1) is 0 Å². The molecule has 10 rings (SSSR count). The van der Waals surface area contributed by atoms with Gasteiger partial charge in [-0.1, -0.05) is 152 Å². The summed E-state index contributed by atoms with van der Waals surface area (Å²) in [5.74, 6) is 3.68. The van der Waals surface area contributed by atoms with E-state index in [0.717, 1.165) is 61.0 Å². The molecule has 1 aromatic heterocycles. The van der Waals surface area contributed by atoms with Crippen molar-refractivity contribution < 1.29 is 4.74 Å². The van der Waals surface area contributed by atoms with Crippen molar-refractivity contribution in [1.82, 2.24) is 15.0 Å². The zero-order valence-electron chi connectivity index (χ0n) is 27.5. The Bertz CT molecular complexity index is 2700. The topological polar surface area (TPSA) is 47.9 Å². The molecule has 9 aromatic rings. The third kappa shape index (κ3) is 4.96. The minimum Gasteiger partial charge on any atom is -0.456 e. The van der Waals surface area contributed by atoms with Crippen molar-refractivity contribution in [2.75, 3.05) is 0 Å². The van der Waals surface area contributed by atoms with Crippen LogP contribution in [0.2, 0.25) is 0 Å². The van der Waals surface area contributed by atoms with E-state index in [0.29, 0.717) is 17.5 Å². The molecule has 0 spiro atoms. The Morgan fingerprint density at radius 3 is 1.49 bits per heavy atom. The second-order valence-corrected chi connectivity index (χ2v) is 12.8. The summed E-state index contributed by atoms with van der Waals surface area (Å²) in [4.78, 5) is 15.0. The minimum atomic E-state index is 0.641. The fourth-order valence-electron chi connectivity index (χ4n) is 7.34. The van der Waals surface area contributed by atoms with Crippen molar-refractivity contribution >= 4 is 21.5 Å². The van der Waals surface area contributed by atoms with Crippen LogP contribution in [0, 0.1) is 0 Å². The lowest BCUT2D eigenvalue weighted by molar-refractivity contribution is 0.487. The minimum absolute atomic E-state index is 0.641. The second kappa shape index (κ2) is 11.9. The van der Waals surface area contributed by atoms with Crippen LogP contribution in [0.5, 0.6) is 11.5 Å². The maximum atomic E-state index is 6.57. The van der Waals surface area contributed by atoms with Gasteiger partial charge in [0, 0.05) is 27.6 Å². The maximum Gasteiger partial charge on any atom is 0.164 e. The van der Waals surface area contributed by atoms with E-state index in [9.17, 15) is 0 Å². The molecule has 0 bridgehead atoms. The Kier molecular flexibility index (Phi) is 6.78. The van der Waals surface area contributed by atoms with Crippen LogP contribution in [0.1, 0.15) is 0 Å². The molecule has 0 unspecified atom stereocenters. The number of hydrogen-bond donors (Lipinski definition) is 0. The van der Waals surface area contributed by atoms with Gasteiger partial charge in [0.25, 0.3) is 0 Å². The molecule has 8 aromatic carbocycles. The van der Waals surface area contributed by atoms with Gasteiger partial charge in [-0.05, 0) is 68.2 Å². The molecule has 0 saturated carbocycles. The van der Waals surface area contributed by atoms with Crippen molar-refractivity contribution in [1.29, 1.82) is 0 Å². The fourth-order valence-corrected chi connectivity index (χ4v) is 7.34. The number of benzene rings is 8. The lowest BCUT2D eigenvalue weighted by atomic mass is 9.88. The average molecular weight is 652 g/mol. The number of nitrogens with zero attached hydrogens (tertiary/aromatic N) is 3. The molecular weight excluding hydrogens is 623 g/mol.